The average Bonchev–Trinajstić information content (AvgIpc) is 3.33. The Morgan fingerprint density at radius 1 is 0.979 bits per heavy atom. The Balaban J connectivity index is 1.69. The van der Waals surface area contributed by atoms with Crippen molar-refractivity contribution in [2.45, 2.75) is 89.4 Å². The van der Waals surface area contributed by atoms with Crippen LogP contribution in [0.4, 0.5) is 10.5 Å². The van der Waals surface area contributed by atoms with Crippen molar-refractivity contribution >= 4 is 46.9 Å². The largest absolute Gasteiger partial charge is 0.443 e. The zero-order valence-corrected chi connectivity index (χ0v) is 30.5. The zero-order valence-electron chi connectivity index (χ0n) is 28.7. The minimum atomic E-state index is -4.23. The Hall–Kier alpha value is -3.59. The van der Waals surface area contributed by atoms with Gasteiger partial charge in [0.05, 0.1) is 16.9 Å². The third-order valence-electron chi connectivity index (χ3n) is 8.14. The molecule has 0 unspecified atom stereocenters. The summed E-state index contributed by atoms with van der Waals surface area (Å²) >= 11 is 0. The number of amides is 1. The highest BCUT2D eigenvalue weighted by Gasteiger charge is 2.37. The maximum absolute atomic E-state index is 13.7. The number of sulfonamides is 1. The van der Waals surface area contributed by atoms with E-state index in [1.54, 1.807) is 39.1 Å². The van der Waals surface area contributed by atoms with Gasteiger partial charge in [0.2, 0.25) is 15.9 Å². The molecule has 1 aromatic heterocycles. The average molecular weight is 689 g/mol. The quantitative estimate of drug-likeness (QED) is 0.0875. The summed E-state index contributed by atoms with van der Waals surface area (Å²) in [5.41, 5.74) is 0.0861. The maximum atomic E-state index is 13.7. The zero-order chi connectivity index (χ0) is 35.2. The first kappa shape index (κ1) is 37.9. The predicted molar refractivity (Wildman–Crippen MR) is 185 cm³/mol. The molecular weight excluding hydrogens is 641 g/mol. The molecule has 3 aromatic rings. The Morgan fingerprint density at radius 2 is 1.60 bits per heavy atom. The molecule has 0 aliphatic heterocycles. The van der Waals surface area contributed by atoms with Gasteiger partial charge in [-0.1, -0.05) is 51.1 Å². The van der Waals surface area contributed by atoms with Crippen LogP contribution < -0.4 is 5.32 Å². The van der Waals surface area contributed by atoms with E-state index in [0.29, 0.717) is 24.1 Å². The number of nitrogens with one attached hydrogen (secondary N) is 1. The van der Waals surface area contributed by atoms with Crippen LogP contribution in [0.3, 0.4) is 0 Å². The summed E-state index contributed by atoms with van der Waals surface area (Å²) in [5, 5.41) is 15.2. The van der Waals surface area contributed by atoms with Gasteiger partial charge in [0.1, 0.15) is 5.60 Å². The van der Waals surface area contributed by atoms with Gasteiger partial charge in [-0.05, 0) is 69.4 Å². The lowest BCUT2D eigenvalue weighted by Crippen LogP contribution is -2.41. The predicted octanol–water partition coefficient (Wildman–Crippen LogP) is 6.48. The van der Waals surface area contributed by atoms with Crippen LogP contribution in [-0.2, 0) is 30.4 Å². The third-order valence-corrected chi connectivity index (χ3v) is 14.6. The molecular formula is C33H48N4O8SSi. The molecule has 0 saturated carbocycles. The van der Waals surface area contributed by atoms with Gasteiger partial charge in [-0.25, -0.2) is 13.2 Å². The van der Waals surface area contributed by atoms with Crippen molar-refractivity contribution in [2.75, 3.05) is 26.2 Å². The van der Waals surface area contributed by atoms with Crippen LogP contribution in [0.25, 0.3) is 10.9 Å². The van der Waals surface area contributed by atoms with Crippen molar-refractivity contribution in [1.29, 1.82) is 0 Å². The van der Waals surface area contributed by atoms with E-state index in [1.165, 1.54) is 33.1 Å². The van der Waals surface area contributed by atoms with Gasteiger partial charge in [-0.2, -0.15) is 4.31 Å². The molecule has 0 aliphatic rings. The maximum Gasteiger partial charge on any atom is 0.419 e. The smallest absolute Gasteiger partial charge is 0.419 e. The van der Waals surface area contributed by atoms with Crippen LogP contribution >= 0.6 is 0 Å². The first-order chi connectivity index (χ1) is 21.7. The summed E-state index contributed by atoms with van der Waals surface area (Å²) in [7, 11) is -6.28. The summed E-state index contributed by atoms with van der Waals surface area (Å²) < 4.78 is 41.8. The van der Waals surface area contributed by atoms with Crippen LogP contribution in [0.15, 0.2) is 59.6 Å². The SMILES string of the molecule is CC(C)(C)OC(=O)n1cc(CC(=O)NCCCN(CCCO[Si](C)(C)C(C)(C)C)S(=O)(=O)c2ccccc2[N+](=O)[O-])c2ccccc21. The lowest BCUT2D eigenvalue weighted by Gasteiger charge is -2.36. The van der Waals surface area contributed by atoms with Gasteiger partial charge in [0.15, 0.2) is 13.2 Å². The fourth-order valence-electron chi connectivity index (χ4n) is 4.67. The Kier molecular flexibility index (Phi) is 12.2. The number of carbonyl (C=O) groups excluding carboxylic acids is 2. The van der Waals surface area contributed by atoms with E-state index < -0.39 is 40.6 Å². The third kappa shape index (κ3) is 9.95. The highest BCUT2D eigenvalue weighted by Crippen LogP contribution is 2.36. The van der Waals surface area contributed by atoms with Crippen molar-refractivity contribution < 1.29 is 32.1 Å². The van der Waals surface area contributed by atoms with E-state index in [9.17, 15) is 28.1 Å². The van der Waals surface area contributed by atoms with E-state index in [0.717, 1.165) is 5.39 Å². The summed E-state index contributed by atoms with van der Waals surface area (Å²) in [6.07, 6.45) is 1.73. The van der Waals surface area contributed by atoms with Gasteiger partial charge >= 0.3 is 6.09 Å². The van der Waals surface area contributed by atoms with Crippen molar-refractivity contribution in [3.8, 4) is 0 Å². The number of rotatable bonds is 14. The normalized spacial score (nSPS) is 12.8. The van der Waals surface area contributed by atoms with Gasteiger partial charge in [-0.3, -0.25) is 19.5 Å². The molecule has 3 rings (SSSR count). The number of nitrogens with zero attached hydrogens (tertiary/aromatic N) is 3. The number of nitro benzene ring substituents is 1. The van der Waals surface area contributed by atoms with Crippen molar-refractivity contribution in [3.63, 3.8) is 0 Å². The summed E-state index contributed by atoms with van der Waals surface area (Å²) in [6, 6.07) is 12.5. The highest BCUT2D eigenvalue weighted by atomic mass is 32.2. The second-order valence-corrected chi connectivity index (χ2v) is 20.7. The van der Waals surface area contributed by atoms with E-state index in [2.05, 4.69) is 39.2 Å². The number of ether oxygens (including phenoxy) is 1. The second kappa shape index (κ2) is 15.1. The number of aromatic nitrogens is 1. The molecule has 1 N–H and O–H groups in total. The molecule has 12 nitrogen and oxygen atoms in total. The molecule has 0 radical (unpaired) electrons. The minimum absolute atomic E-state index is 0.000670. The second-order valence-electron chi connectivity index (χ2n) is 14.0. The van der Waals surface area contributed by atoms with E-state index in [4.69, 9.17) is 9.16 Å². The number of nitro groups is 1. The fourth-order valence-corrected chi connectivity index (χ4v) is 7.44. The molecule has 0 saturated heterocycles. The topological polar surface area (TPSA) is 150 Å². The van der Waals surface area contributed by atoms with Crippen molar-refractivity contribution in [1.82, 2.24) is 14.2 Å². The minimum Gasteiger partial charge on any atom is -0.443 e. The molecule has 47 heavy (non-hydrogen) atoms. The van der Waals surface area contributed by atoms with Crippen LogP contribution in [0.1, 0.15) is 59.9 Å². The van der Waals surface area contributed by atoms with Crippen LogP contribution in [0.2, 0.25) is 18.1 Å². The number of fused-ring (bicyclic) bond motifs is 1. The Labute approximate surface area is 278 Å². The fraction of sp³-hybridized carbons (Fsp3) is 0.515. The first-order valence-corrected chi connectivity index (χ1v) is 20.1. The summed E-state index contributed by atoms with van der Waals surface area (Å²) in [6.45, 7) is 16.6. The molecule has 14 heteroatoms. The number of carbonyl (C=O) groups is 2. The molecule has 1 heterocycles. The molecule has 0 atom stereocenters. The van der Waals surface area contributed by atoms with Gasteiger partial charge < -0.3 is 14.5 Å². The molecule has 1 amide bonds. The van der Waals surface area contributed by atoms with Crippen LogP contribution in [0, 0.1) is 10.1 Å². The summed E-state index contributed by atoms with van der Waals surface area (Å²) in [4.78, 5) is 36.4. The highest BCUT2D eigenvalue weighted by molar-refractivity contribution is 7.89. The van der Waals surface area contributed by atoms with E-state index >= 15 is 0 Å². The molecule has 0 spiro atoms. The van der Waals surface area contributed by atoms with Crippen molar-refractivity contribution in [2.24, 2.45) is 0 Å². The van der Waals surface area contributed by atoms with Crippen molar-refractivity contribution in [3.05, 3.63) is 70.4 Å². The number of para-hydroxylation sites is 2. The van der Waals surface area contributed by atoms with E-state index in [1.807, 2.05) is 12.1 Å². The lowest BCUT2D eigenvalue weighted by molar-refractivity contribution is -0.387. The Morgan fingerprint density at radius 3 is 2.23 bits per heavy atom. The van der Waals surface area contributed by atoms with Gasteiger partial charge in [0.25, 0.3) is 5.69 Å². The molecule has 0 aliphatic carbocycles. The summed E-state index contributed by atoms with van der Waals surface area (Å²) in [5.74, 6) is -0.298. The van der Waals surface area contributed by atoms with E-state index in [-0.39, 0.29) is 48.3 Å². The molecule has 0 fully saturated rings. The molecule has 0 bridgehead atoms. The standard InChI is InChI=1S/C33H48N4O8SSi/c1-32(2,3)45-31(39)36-24-25(26-15-9-10-16-27(26)36)23-30(38)34-19-13-20-35(21-14-22-44-47(7,8)33(4,5)6)46(42,43)29-18-12-11-17-28(29)37(40)41/h9-12,15-18,24H,13-14,19-23H2,1-8H3,(H,34,38). The Bertz CT molecular complexity index is 1690. The van der Waals surface area contributed by atoms with Gasteiger partial charge in [0, 0.05) is 43.9 Å². The number of hydrogen-bond donors (Lipinski definition) is 1. The van der Waals surface area contributed by atoms with Crippen LogP contribution in [-0.4, -0.2) is 74.4 Å². The molecule has 258 valence electrons. The number of hydrogen-bond acceptors (Lipinski definition) is 8. The number of benzene rings is 2. The van der Waals surface area contributed by atoms with Gasteiger partial charge in [-0.15, -0.1) is 0 Å². The lowest BCUT2D eigenvalue weighted by atomic mass is 10.1. The van der Waals surface area contributed by atoms with Crippen LogP contribution in [0.5, 0.6) is 0 Å². The molecule has 2 aromatic carbocycles. The monoisotopic (exact) mass is 688 g/mol. The first-order valence-electron chi connectivity index (χ1n) is 15.7.